The van der Waals surface area contributed by atoms with E-state index in [1.54, 1.807) is 18.2 Å². The molecule has 120 valence electrons. The zero-order valence-corrected chi connectivity index (χ0v) is 12.9. The number of ether oxygens (including phenoxy) is 1. The molecule has 1 aromatic heterocycles. The highest BCUT2D eigenvalue weighted by atomic mass is 35.5. The highest BCUT2D eigenvalue weighted by Gasteiger charge is 2.11. The maximum absolute atomic E-state index is 11.7. The summed E-state index contributed by atoms with van der Waals surface area (Å²) in [6.07, 6.45) is 1.40. The number of hydrazine groups is 1. The van der Waals surface area contributed by atoms with Crippen LogP contribution in [0.5, 0.6) is 5.75 Å². The Kier molecular flexibility index (Phi) is 5.37. The van der Waals surface area contributed by atoms with Gasteiger partial charge in [0, 0.05) is 11.2 Å². The summed E-state index contributed by atoms with van der Waals surface area (Å²) in [7, 11) is 0. The summed E-state index contributed by atoms with van der Waals surface area (Å²) in [4.78, 5) is 37.1. The average Bonchev–Trinajstić information content (AvgIpc) is 2.54. The number of amides is 2. The van der Waals surface area contributed by atoms with Crippen LogP contribution in [0.3, 0.4) is 0 Å². The molecule has 0 aliphatic rings. The quantitative estimate of drug-likeness (QED) is 0.730. The van der Waals surface area contributed by atoms with Crippen molar-refractivity contribution in [3.05, 3.63) is 63.0 Å². The molecule has 0 fully saturated rings. The molecule has 0 unspecified atom stereocenters. The predicted molar refractivity (Wildman–Crippen MR) is 84.4 cm³/mol. The van der Waals surface area contributed by atoms with Crippen LogP contribution in [0.2, 0.25) is 5.02 Å². The number of aromatic amines is 1. The van der Waals surface area contributed by atoms with Gasteiger partial charge in [0.1, 0.15) is 11.3 Å². The Morgan fingerprint density at radius 1 is 1.26 bits per heavy atom. The van der Waals surface area contributed by atoms with E-state index in [0.29, 0.717) is 10.8 Å². The Morgan fingerprint density at radius 2 is 2.04 bits per heavy atom. The molecular formula is C15H14ClN3O4. The molecule has 23 heavy (non-hydrogen) atoms. The molecule has 0 saturated heterocycles. The van der Waals surface area contributed by atoms with Crippen LogP contribution in [0.15, 0.2) is 41.3 Å². The van der Waals surface area contributed by atoms with Crippen molar-refractivity contribution in [2.24, 2.45) is 0 Å². The van der Waals surface area contributed by atoms with E-state index < -0.39 is 17.4 Å². The Bertz CT molecular complexity index is 788. The lowest BCUT2D eigenvalue weighted by molar-refractivity contribution is -0.123. The summed E-state index contributed by atoms with van der Waals surface area (Å²) in [5.41, 5.74) is 4.46. The summed E-state index contributed by atoms with van der Waals surface area (Å²) in [5.74, 6) is -0.811. The number of aryl methyl sites for hydroxylation is 1. The highest BCUT2D eigenvalue weighted by Crippen LogP contribution is 2.20. The third kappa shape index (κ3) is 4.58. The lowest BCUT2D eigenvalue weighted by Gasteiger charge is -2.09. The van der Waals surface area contributed by atoms with E-state index in [9.17, 15) is 14.4 Å². The van der Waals surface area contributed by atoms with Crippen molar-refractivity contribution >= 4 is 23.4 Å². The van der Waals surface area contributed by atoms with Crippen molar-refractivity contribution in [2.45, 2.75) is 6.92 Å². The van der Waals surface area contributed by atoms with Gasteiger partial charge in [0.25, 0.3) is 17.4 Å². The molecule has 2 aromatic rings. The normalized spacial score (nSPS) is 10.0. The van der Waals surface area contributed by atoms with Crippen molar-refractivity contribution in [1.82, 2.24) is 15.8 Å². The molecule has 0 bridgehead atoms. The van der Waals surface area contributed by atoms with Gasteiger partial charge in [-0.25, -0.2) is 0 Å². The predicted octanol–water partition coefficient (Wildman–Crippen LogP) is 1.18. The molecule has 0 spiro atoms. The number of nitrogens with one attached hydrogen (secondary N) is 3. The summed E-state index contributed by atoms with van der Waals surface area (Å²) in [6.45, 7) is 1.51. The maximum atomic E-state index is 11.7. The van der Waals surface area contributed by atoms with Crippen LogP contribution in [-0.2, 0) is 4.79 Å². The number of H-pyrrole nitrogens is 1. The number of aromatic nitrogens is 1. The first-order chi connectivity index (χ1) is 11.0. The molecule has 2 rings (SSSR count). The minimum Gasteiger partial charge on any atom is -0.484 e. The van der Waals surface area contributed by atoms with Gasteiger partial charge in [-0.15, -0.1) is 0 Å². The fourth-order valence-corrected chi connectivity index (χ4v) is 1.80. The molecule has 0 aliphatic heterocycles. The van der Waals surface area contributed by atoms with Crippen molar-refractivity contribution in [3.8, 4) is 5.75 Å². The second kappa shape index (κ2) is 7.46. The first-order valence-electron chi connectivity index (χ1n) is 6.63. The van der Waals surface area contributed by atoms with Crippen LogP contribution >= 0.6 is 11.6 Å². The average molecular weight is 336 g/mol. The first-order valence-corrected chi connectivity index (χ1v) is 7.01. The van der Waals surface area contributed by atoms with Crippen LogP contribution in [0.1, 0.15) is 15.9 Å². The van der Waals surface area contributed by atoms with Gasteiger partial charge in [-0.1, -0.05) is 11.6 Å². The summed E-state index contributed by atoms with van der Waals surface area (Å²) in [6, 6.07) is 7.83. The summed E-state index contributed by atoms with van der Waals surface area (Å²) < 4.78 is 5.28. The molecule has 0 aliphatic carbocycles. The van der Waals surface area contributed by atoms with E-state index in [2.05, 4.69) is 15.8 Å². The lowest BCUT2D eigenvalue weighted by Crippen LogP contribution is -2.45. The molecule has 8 heteroatoms. The van der Waals surface area contributed by atoms with E-state index in [-0.39, 0.29) is 12.2 Å². The number of rotatable bonds is 4. The second-order valence-electron chi connectivity index (χ2n) is 4.61. The Hall–Kier alpha value is -2.80. The molecule has 0 saturated carbocycles. The third-order valence-corrected chi connectivity index (χ3v) is 3.30. The third-order valence-electron chi connectivity index (χ3n) is 2.88. The van der Waals surface area contributed by atoms with Crippen LogP contribution in [0.25, 0.3) is 0 Å². The molecular weight excluding hydrogens is 322 g/mol. The lowest BCUT2D eigenvalue weighted by atomic mass is 10.2. The Morgan fingerprint density at radius 3 is 2.74 bits per heavy atom. The highest BCUT2D eigenvalue weighted by molar-refractivity contribution is 6.31. The maximum Gasteiger partial charge on any atom is 0.276 e. The number of hydrogen-bond acceptors (Lipinski definition) is 4. The zero-order chi connectivity index (χ0) is 16.8. The van der Waals surface area contributed by atoms with E-state index in [0.717, 1.165) is 5.56 Å². The van der Waals surface area contributed by atoms with Crippen molar-refractivity contribution in [1.29, 1.82) is 0 Å². The molecule has 1 aromatic carbocycles. The van der Waals surface area contributed by atoms with Gasteiger partial charge < -0.3 is 9.72 Å². The number of carbonyl (C=O) groups excluding carboxylic acids is 2. The van der Waals surface area contributed by atoms with Crippen LogP contribution < -0.4 is 21.1 Å². The molecule has 3 N–H and O–H groups in total. The zero-order valence-electron chi connectivity index (χ0n) is 12.2. The van der Waals surface area contributed by atoms with Crippen LogP contribution in [0, 0.1) is 6.92 Å². The number of pyridine rings is 1. The van der Waals surface area contributed by atoms with Gasteiger partial charge in [-0.05, 0) is 42.8 Å². The molecule has 1 heterocycles. The largest absolute Gasteiger partial charge is 0.484 e. The van der Waals surface area contributed by atoms with Crippen molar-refractivity contribution in [2.75, 3.05) is 6.61 Å². The van der Waals surface area contributed by atoms with Crippen molar-refractivity contribution in [3.63, 3.8) is 0 Å². The number of benzene rings is 1. The van der Waals surface area contributed by atoms with E-state index in [1.807, 2.05) is 6.92 Å². The summed E-state index contributed by atoms with van der Waals surface area (Å²) in [5, 5.41) is 0.599. The standard InChI is InChI=1S/C15H14ClN3O4/c1-9-7-10(4-5-12(9)16)23-8-13(20)18-19-15(22)11-3-2-6-17-14(11)21/h2-7H,8H2,1H3,(H,17,21)(H,18,20)(H,19,22). The molecule has 7 nitrogen and oxygen atoms in total. The van der Waals surface area contributed by atoms with Gasteiger partial charge in [0.05, 0.1) is 0 Å². The number of carbonyl (C=O) groups is 2. The Labute approximate surface area is 136 Å². The van der Waals surface area contributed by atoms with E-state index in [1.165, 1.54) is 18.3 Å². The second-order valence-corrected chi connectivity index (χ2v) is 5.02. The van der Waals surface area contributed by atoms with E-state index in [4.69, 9.17) is 16.3 Å². The van der Waals surface area contributed by atoms with E-state index >= 15 is 0 Å². The minimum atomic E-state index is -0.720. The molecule has 0 radical (unpaired) electrons. The van der Waals surface area contributed by atoms with Crippen molar-refractivity contribution < 1.29 is 14.3 Å². The number of hydrogen-bond donors (Lipinski definition) is 3. The fraction of sp³-hybridized carbons (Fsp3) is 0.133. The first kappa shape index (κ1) is 16.6. The van der Waals surface area contributed by atoms with Gasteiger partial charge in [-0.2, -0.15) is 0 Å². The SMILES string of the molecule is Cc1cc(OCC(=O)NNC(=O)c2ccc[nH]c2=O)ccc1Cl. The monoisotopic (exact) mass is 335 g/mol. The Balaban J connectivity index is 1.83. The van der Waals surface area contributed by atoms with Gasteiger partial charge in [0.15, 0.2) is 6.61 Å². The molecule has 2 amide bonds. The van der Waals surface area contributed by atoms with Gasteiger partial charge >= 0.3 is 0 Å². The fourth-order valence-electron chi connectivity index (χ4n) is 1.69. The van der Waals surface area contributed by atoms with Crippen LogP contribution in [0.4, 0.5) is 0 Å². The molecule has 0 atom stereocenters. The topological polar surface area (TPSA) is 100 Å². The minimum absolute atomic E-state index is 0.109. The van der Waals surface area contributed by atoms with Crippen LogP contribution in [-0.4, -0.2) is 23.4 Å². The summed E-state index contributed by atoms with van der Waals surface area (Å²) >= 11 is 5.89. The van der Waals surface area contributed by atoms with Gasteiger partial charge in [0.2, 0.25) is 0 Å². The smallest absolute Gasteiger partial charge is 0.276 e. The number of halogens is 1. The van der Waals surface area contributed by atoms with Gasteiger partial charge in [-0.3, -0.25) is 25.2 Å².